The first kappa shape index (κ1) is 13.1. The monoisotopic (exact) mass is 264 g/mol. The van der Waals surface area contributed by atoms with Crippen LogP contribution in [-0.2, 0) is 9.53 Å². The zero-order chi connectivity index (χ0) is 12.1. The standard InChI is InChI=1S/C8H10Cl2N4O2/c1-16-4(2-11)8(15)14-7-5(9)6(10)12-3-13-7/h3-4H,2,11H2,1H3,(H,12,13,14,15). The molecule has 8 heteroatoms. The van der Waals surface area contributed by atoms with Crippen molar-refractivity contribution < 1.29 is 9.53 Å². The first-order chi connectivity index (χ1) is 7.60. The highest BCUT2D eigenvalue weighted by Crippen LogP contribution is 2.25. The minimum absolute atomic E-state index is 0.0543. The molecule has 88 valence electrons. The molecule has 0 aliphatic heterocycles. The first-order valence-corrected chi connectivity index (χ1v) is 5.05. The number of nitrogens with zero attached hydrogens (tertiary/aromatic N) is 2. The normalized spacial score (nSPS) is 12.2. The van der Waals surface area contributed by atoms with Crippen LogP contribution in [0.5, 0.6) is 0 Å². The molecule has 0 saturated heterocycles. The Kier molecular flexibility index (Phi) is 4.88. The Hall–Kier alpha value is -0.950. The Morgan fingerprint density at radius 3 is 2.88 bits per heavy atom. The molecule has 0 aliphatic rings. The quantitative estimate of drug-likeness (QED) is 0.782. The second kappa shape index (κ2) is 5.95. The predicted octanol–water partition coefficient (Wildman–Crippen LogP) is 0.696. The molecule has 1 heterocycles. The van der Waals surface area contributed by atoms with E-state index in [4.69, 9.17) is 33.7 Å². The van der Waals surface area contributed by atoms with E-state index in [1.807, 2.05) is 0 Å². The fourth-order valence-electron chi connectivity index (χ4n) is 0.943. The van der Waals surface area contributed by atoms with Gasteiger partial charge in [0.05, 0.1) is 0 Å². The van der Waals surface area contributed by atoms with Crippen molar-refractivity contribution in [3.05, 3.63) is 16.5 Å². The van der Waals surface area contributed by atoms with Crippen LogP contribution in [0.15, 0.2) is 6.33 Å². The van der Waals surface area contributed by atoms with Crippen molar-refractivity contribution in [2.24, 2.45) is 5.73 Å². The number of hydrogen-bond acceptors (Lipinski definition) is 5. The average molecular weight is 265 g/mol. The van der Waals surface area contributed by atoms with E-state index >= 15 is 0 Å². The molecule has 1 rings (SSSR count). The lowest BCUT2D eigenvalue weighted by molar-refractivity contribution is -0.125. The number of nitrogens with one attached hydrogen (secondary N) is 1. The van der Waals surface area contributed by atoms with Gasteiger partial charge in [-0.15, -0.1) is 0 Å². The third kappa shape index (κ3) is 3.02. The van der Waals surface area contributed by atoms with Crippen molar-refractivity contribution in [1.82, 2.24) is 9.97 Å². The number of methoxy groups -OCH3 is 1. The van der Waals surface area contributed by atoms with Crippen LogP contribution in [0.4, 0.5) is 5.82 Å². The lowest BCUT2D eigenvalue weighted by Crippen LogP contribution is -2.36. The van der Waals surface area contributed by atoms with Gasteiger partial charge in [0.15, 0.2) is 11.0 Å². The molecule has 0 radical (unpaired) electrons. The minimum atomic E-state index is -0.759. The van der Waals surface area contributed by atoms with E-state index in [1.54, 1.807) is 0 Å². The van der Waals surface area contributed by atoms with Gasteiger partial charge in [0, 0.05) is 13.7 Å². The van der Waals surface area contributed by atoms with Crippen LogP contribution in [0.3, 0.4) is 0 Å². The lowest BCUT2D eigenvalue weighted by Gasteiger charge is -2.13. The van der Waals surface area contributed by atoms with Gasteiger partial charge in [-0.3, -0.25) is 4.79 Å². The van der Waals surface area contributed by atoms with E-state index < -0.39 is 12.0 Å². The zero-order valence-electron chi connectivity index (χ0n) is 8.41. The fourth-order valence-corrected chi connectivity index (χ4v) is 1.22. The van der Waals surface area contributed by atoms with E-state index in [2.05, 4.69) is 15.3 Å². The van der Waals surface area contributed by atoms with Gasteiger partial charge >= 0.3 is 0 Å². The highest BCUT2D eigenvalue weighted by molar-refractivity contribution is 6.42. The number of ether oxygens (including phenoxy) is 1. The number of halogens is 2. The summed E-state index contributed by atoms with van der Waals surface area (Å²) in [7, 11) is 1.38. The van der Waals surface area contributed by atoms with Crippen LogP contribution in [0.2, 0.25) is 10.2 Å². The summed E-state index contributed by atoms with van der Waals surface area (Å²) in [6, 6.07) is 0. The Bertz CT molecular complexity index is 384. The van der Waals surface area contributed by atoms with Crippen molar-refractivity contribution >= 4 is 34.9 Å². The molecule has 16 heavy (non-hydrogen) atoms. The molecule has 1 aromatic heterocycles. The van der Waals surface area contributed by atoms with Crippen molar-refractivity contribution in [3.8, 4) is 0 Å². The number of amides is 1. The Balaban J connectivity index is 2.80. The SMILES string of the molecule is COC(CN)C(=O)Nc1ncnc(Cl)c1Cl. The van der Waals surface area contributed by atoms with Crippen molar-refractivity contribution in [2.45, 2.75) is 6.10 Å². The third-order valence-corrected chi connectivity index (χ3v) is 2.52. The number of hydrogen-bond donors (Lipinski definition) is 2. The Morgan fingerprint density at radius 2 is 2.31 bits per heavy atom. The van der Waals surface area contributed by atoms with Gasteiger partial charge < -0.3 is 15.8 Å². The van der Waals surface area contributed by atoms with E-state index in [9.17, 15) is 4.79 Å². The molecule has 1 amide bonds. The van der Waals surface area contributed by atoms with Crippen LogP contribution in [0.25, 0.3) is 0 Å². The number of rotatable bonds is 4. The van der Waals surface area contributed by atoms with Crippen molar-refractivity contribution in [3.63, 3.8) is 0 Å². The summed E-state index contributed by atoms with van der Waals surface area (Å²) in [5.41, 5.74) is 5.33. The lowest BCUT2D eigenvalue weighted by atomic mass is 10.3. The molecular formula is C8H10Cl2N4O2. The minimum Gasteiger partial charge on any atom is -0.370 e. The summed E-state index contributed by atoms with van der Waals surface area (Å²) in [5, 5.41) is 2.58. The Morgan fingerprint density at radius 1 is 1.62 bits per heavy atom. The van der Waals surface area contributed by atoms with E-state index in [-0.39, 0.29) is 22.5 Å². The molecule has 0 saturated carbocycles. The maximum atomic E-state index is 11.6. The molecule has 0 aliphatic carbocycles. The molecule has 1 atom stereocenters. The molecule has 1 aromatic rings. The summed E-state index contributed by atoms with van der Waals surface area (Å²) in [6.07, 6.45) is 0.429. The number of carbonyl (C=O) groups is 1. The molecule has 0 spiro atoms. The van der Waals surface area contributed by atoms with Crippen molar-refractivity contribution in [1.29, 1.82) is 0 Å². The number of anilines is 1. The fraction of sp³-hybridized carbons (Fsp3) is 0.375. The topological polar surface area (TPSA) is 90.1 Å². The first-order valence-electron chi connectivity index (χ1n) is 4.29. The average Bonchev–Trinajstić information content (AvgIpc) is 2.26. The van der Waals surface area contributed by atoms with Crippen LogP contribution in [-0.4, -0.2) is 35.6 Å². The predicted molar refractivity (Wildman–Crippen MR) is 60.5 cm³/mol. The smallest absolute Gasteiger partial charge is 0.256 e. The molecule has 0 fully saturated rings. The van der Waals surface area contributed by atoms with Gasteiger partial charge in [-0.2, -0.15) is 0 Å². The number of nitrogens with two attached hydrogens (primary N) is 1. The molecular weight excluding hydrogens is 255 g/mol. The maximum Gasteiger partial charge on any atom is 0.256 e. The largest absolute Gasteiger partial charge is 0.370 e. The highest BCUT2D eigenvalue weighted by atomic mass is 35.5. The summed E-state index contributed by atoms with van der Waals surface area (Å²) >= 11 is 11.4. The summed E-state index contributed by atoms with van der Waals surface area (Å²) in [4.78, 5) is 19.0. The number of carbonyl (C=O) groups excluding carboxylic acids is 1. The zero-order valence-corrected chi connectivity index (χ0v) is 9.92. The molecule has 0 bridgehead atoms. The molecule has 3 N–H and O–H groups in total. The van der Waals surface area contributed by atoms with Gasteiger partial charge in [0.1, 0.15) is 17.5 Å². The van der Waals surface area contributed by atoms with Crippen molar-refractivity contribution in [2.75, 3.05) is 19.0 Å². The van der Waals surface area contributed by atoms with Gasteiger partial charge in [-0.05, 0) is 0 Å². The van der Waals surface area contributed by atoms with E-state index in [0.29, 0.717) is 0 Å². The van der Waals surface area contributed by atoms with Gasteiger partial charge in [-0.1, -0.05) is 23.2 Å². The molecule has 0 aromatic carbocycles. The summed E-state index contributed by atoms with van der Waals surface area (Å²) in [6.45, 7) is 0.0543. The van der Waals surface area contributed by atoms with Crippen LogP contribution >= 0.6 is 23.2 Å². The maximum absolute atomic E-state index is 11.6. The summed E-state index contributed by atoms with van der Waals surface area (Å²) < 4.78 is 4.85. The molecule has 1 unspecified atom stereocenters. The van der Waals surface area contributed by atoms with E-state index in [0.717, 1.165) is 0 Å². The summed E-state index contributed by atoms with van der Waals surface area (Å²) in [5.74, 6) is -0.316. The van der Waals surface area contributed by atoms with E-state index in [1.165, 1.54) is 13.4 Å². The van der Waals surface area contributed by atoms with Crippen LogP contribution < -0.4 is 11.1 Å². The van der Waals surface area contributed by atoms with Gasteiger partial charge in [0.2, 0.25) is 0 Å². The van der Waals surface area contributed by atoms with Gasteiger partial charge in [-0.25, -0.2) is 9.97 Å². The van der Waals surface area contributed by atoms with Gasteiger partial charge in [0.25, 0.3) is 5.91 Å². The van der Waals surface area contributed by atoms with Crippen LogP contribution in [0.1, 0.15) is 0 Å². The second-order valence-corrected chi connectivity index (χ2v) is 3.51. The molecule has 6 nitrogen and oxygen atoms in total. The number of aromatic nitrogens is 2. The Labute approximate surface area is 102 Å². The van der Waals surface area contributed by atoms with Crippen LogP contribution in [0, 0.1) is 0 Å². The second-order valence-electron chi connectivity index (χ2n) is 2.78. The third-order valence-electron chi connectivity index (χ3n) is 1.78. The highest BCUT2D eigenvalue weighted by Gasteiger charge is 2.18.